The fourth-order valence-corrected chi connectivity index (χ4v) is 6.81. The van der Waals surface area contributed by atoms with Gasteiger partial charge in [0.1, 0.15) is 6.10 Å². The Hall–Kier alpha value is -4.69. The first kappa shape index (κ1) is 33.7. The molecule has 0 amide bonds. The molecular formula is C39H39ClN2O5. The van der Waals surface area contributed by atoms with Gasteiger partial charge in [0.05, 0.1) is 48.5 Å². The van der Waals surface area contributed by atoms with Crippen molar-refractivity contribution in [1.29, 1.82) is 0 Å². The fourth-order valence-electron chi connectivity index (χ4n) is 6.57. The van der Waals surface area contributed by atoms with Crippen molar-refractivity contribution < 1.29 is 23.8 Å². The second-order valence-electron chi connectivity index (χ2n) is 11.1. The van der Waals surface area contributed by atoms with Gasteiger partial charge in [-0.05, 0) is 42.2 Å². The summed E-state index contributed by atoms with van der Waals surface area (Å²) in [5.41, 5.74) is 9.78. The molecule has 1 aliphatic heterocycles. The van der Waals surface area contributed by atoms with E-state index in [2.05, 4.69) is 41.7 Å². The van der Waals surface area contributed by atoms with Gasteiger partial charge in [-0.15, -0.1) is 0 Å². The van der Waals surface area contributed by atoms with Gasteiger partial charge in [0, 0.05) is 17.3 Å². The van der Waals surface area contributed by atoms with Crippen LogP contribution in [-0.2, 0) is 29.2 Å². The van der Waals surface area contributed by atoms with Crippen LogP contribution < -0.4 is 11.1 Å². The number of carbonyl (C=O) groups is 2. The SMILES string of the molecule is CCOC(=O)C1=C(C(OCCN)C(c2ccccc2)(c2ccccc2)c2ccccc2)NC(C)=C(C(=O)OC)C1c1ccccc1Cl. The maximum atomic E-state index is 14.4. The van der Waals surface area contributed by atoms with Gasteiger partial charge in [0.15, 0.2) is 0 Å². The Balaban J connectivity index is 1.96. The Morgan fingerprint density at radius 1 is 0.809 bits per heavy atom. The van der Waals surface area contributed by atoms with Gasteiger partial charge in [-0.25, -0.2) is 9.59 Å². The summed E-state index contributed by atoms with van der Waals surface area (Å²) < 4.78 is 17.9. The van der Waals surface area contributed by atoms with E-state index in [-0.39, 0.29) is 30.9 Å². The molecule has 3 N–H and O–H groups in total. The highest BCUT2D eigenvalue weighted by molar-refractivity contribution is 6.31. The lowest BCUT2D eigenvalue weighted by Gasteiger charge is -2.45. The number of benzene rings is 4. The monoisotopic (exact) mass is 650 g/mol. The van der Waals surface area contributed by atoms with E-state index in [9.17, 15) is 9.59 Å². The topological polar surface area (TPSA) is 99.9 Å². The number of allylic oxidation sites excluding steroid dienone is 1. The lowest BCUT2D eigenvalue weighted by molar-refractivity contribution is -0.139. The summed E-state index contributed by atoms with van der Waals surface area (Å²) in [6.07, 6.45) is -0.878. The Morgan fingerprint density at radius 2 is 1.32 bits per heavy atom. The maximum absolute atomic E-state index is 14.4. The molecule has 0 bridgehead atoms. The summed E-state index contributed by atoms with van der Waals surface area (Å²) in [4.78, 5) is 27.9. The van der Waals surface area contributed by atoms with Gasteiger partial charge in [0.25, 0.3) is 0 Å². The van der Waals surface area contributed by atoms with Crippen molar-refractivity contribution in [2.45, 2.75) is 31.3 Å². The number of rotatable bonds is 12. The second-order valence-corrected chi connectivity index (χ2v) is 11.5. The zero-order valence-electron chi connectivity index (χ0n) is 26.7. The van der Waals surface area contributed by atoms with Crippen LogP contribution in [0.4, 0.5) is 0 Å². The normalized spacial score (nSPS) is 15.6. The smallest absolute Gasteiger partial charge is 0.336 e. The molecule has 0 radical (unpaired) electrons. The largest absolute Gasteiger partial charge is 0.466 e. The zero-order valence-corrected chi connectivity index (χ0v) is 27.5. The quantitative estimate of drug-likeness (QED) is 0.131. The second kappa shape index (κ2) is 15.3. The van der Waals surface area contributed by atoms with Gasteiger partial charge < -0.3 is 25.3 Å². The highest BCUT2D eigenvalue weighted by Crippen LogP contribution is 2.50. The summed E-state index contributed by atoms with van der Waals surface area (Å²) in [6, 6.07) is 37.3. The molecule has 242 valence electrons. The van der Waals surface area contributed by atoms with Crippen LogP contribution in [0, 0.1) is 0 Å². The average Bonchev–Trinajstić information content (AvgIpc) is 3.11. The number of dihydropyridines is 1. The molecule has 47 heavy (non-hydrogen) atoms. The third kappa shape index (κ3) is 6.47. The number of carbonyl (C=O) groups excluding carboxylic acids is 2. The van der Waals surface area contributed by atoms with Gasteiger partial charge >= 0.3 is 11.9 Å². The van der Waals surface area contributed by atoms with Crippen LogP contribution in [-0.4, -0.2) is 44.9 Å². The molecule has 0 spiro atoms. The number of nitrogens with two attached hydrogens (primary N) is 1. The summed E-state index contributed by atoms with van der Waals surface area (Å²) in [6.45, 7) is 4.03. The molecule has 0 aliphatic carbocycles. The first-order valence-corrected chi connectivity index (χ1v) is 16.0. The van der Waals surface area contributed by atoms with Crippen LogP contribution in [0.15, 0.2) is 138 Å². The van der Waals surface area contributed by atoms with Crippen molar-refractivity contribution in [2.75, 3.05) is 26.9 Å². The van der Waals surface area contributed by atoms with E-state index in [0.29, 0.717) is 22.0 Å². The van der Waals surface area contributed by atoms with Gasteiger partial charge in [-0.2, -0.15) is 0 Å². The van der Waals surface area contributed by atoms with Gasteiger partial charge in [-0.3, -0.25) is 0 Å². The average molecular weight is 651 g/mol. The molecule has 7 nitrogen and oxygen atoms in total. The lowest BCUT2D eigenvalue weighted by Crippen LogP contribution is -2.50. The number of hydrogen-bond acceptors (Lipinski definition) is 7. The standard InChI is InChI=1S/C39H39ClN2O5/c1-4-46-38(44)34-33(30-22-14-15-23-31(30)40)32(37(43)45-3)26(2)42-35(34)36(47-25-24-41)39(27-16-8-5-9-17-27,28-18-10-6-11-19-28)29-20-12-7-13-21-29/h5-23,33,36,42H,4,24-25,41H2,1-3H3. The molecule has 1 aliphatic rings. The summed E-state index contributed by atoms with van der Waals surface area (Å²) in [5.74, 6) is -2.14. The molecule has 5 rings (SSSR count). The Morgan fingerprint density at radius 3 is 1.79 bits per heavy atom. The molecule has 0 fully saturated rings. The molecule has 2 unspecified atom stereocenters. The summed E-state index contributed by atoms with van der Waals surface area (Å²) in [5, 5.41) is 3.85. The van der Waals surface area contributed by atoms with E-state index in [1.54, 1.807) is 32.0 Å². The first-order chi connectivity index (χ1) is 22.9. The van der Waals surface area contributed by atoms with Crippen molar-refractivity contribution in [3.63, 3.8) is 0 Å². The minimum absolute atomic E-state index is 0.108. The van der Waals surface area contributed by atoms with E-state index in [4.69, 9.17) is 31.5 Å². The summed E-state index contributed by atoms with van der Waals surface area (Å²) in [7, 11) is 1.31. The van der Waals surface area contributed by atoms with E-state index in [1.807, 2.05) is 60.7 Å². The first-order valence-electron chi connectivity index (χ1n) is 15.6. The van der Waals surface area contributed by atoms with Crippen molar-refractivity contribution >= 4 is 23.5 Å². The number of esters is 2. The number of ether oxygens (including phenoxy) is 3. The van der Waals surface area contributed by atoms with Crippen molar-refractivity contribution in [2.24, 2.45) is 5.73 Å². The Labute approximate surface area is 281 Å². The van der Waals surface area contributed by atoms with Crippen molar-refractivity contribution in [3.8, 4) is 0 Å². The molecule has 0 saturated heterocycles. The Bertz CT molecular complexity index is 1660. The third-order valence-corrected chi connectivity index (χ3v) is 8.80. The molecule has 0 aromatic heterocycles. The minimum atomic E-state index is -1.02. The number of hydrogen-bond donors (Lipinski definition) is 2. The van der Waals surface area contributed by atoms with Crippen LogP contribution in [0.1, 0.15) is 42.0 Å². The highest BCUT2D eigenvalue weighted by atomic mass is 35.5. The van der Waals surface area contributed by atoms with Crippen LogP contribution >= 0.6 is 11.6 Å². The van der Waals surface area contributed by atoms with Gasteiger partial charge in [-0.1, -0.05) is 121 Å². The zero-order chi connectivity index (χ0) is 33.4. The van der Waals surface area contributed by atoms with Gasteiger partial charge in [0.2, 0.25) is 0 Å². The number of nitrogens with one attached hydrogen (secondary N) is 1. The lowest BCUT2D eigenvalue weighted by atomic mass is 9.63. The maximum Gasteiger partial charge on any atom is 0.336 e. The molecule has 4 aromatic rings. The minimum Gasteiger partial charge on any atom is -0.466 e. The molecular weight excluding hydrogens is 612 g/mol. The Kier molecular flexibility index (Phi) is 10.9. The highest BCUT2D eigenvalue weighted by Gasteiger charge is 2.51. The predicted octanol–water partition coefficient (Wildman–Crippen LogP) is 6.67. The molecule has 0 saturated carbocycles. The molecule has 1 heterocycles. The van der Waals surface area contributed by atoms with Crippen LogP contribution in [0.25, 0.3) is 0 Å². The van der Waals surface area contributed by atoms with Crippen molar-refractivity contribution in [3.05, 3.63) is 165 Å². The van der Waals surface area contributed by atoms with E-state index in [0.717, 1.165) is 16.7 Å². The molecule has 8 heteroatoms. The molecule has 2 atom stereocenters. The molecule has 4 aromatic carbocycles. The third-order valence-electron chi connectivity index (χ3n) is 8.46. The van der Waals surface area contributed by atoms with Crippen molar-refractivity contribution in [1.82, 2.24) is 5.32 Å². The number of methoxy groups -OCH3 is 1. The van der Waals surface area contributed by atoms with Crippen LogP contribution in [0.2, 0.25) is 5.02 Å². The van der Waals surface area contributed by atoms with E-state index in [1.165, 1.54) is 7.11 Å². The predicted molar refractivity (Wildman–Crippen MR) is 184 cm³/mol. The van der Waals surface area contributed by atoms with Crippen LogP contribution in [0.3, 0.4) is 0 Å². The van der Waals surface area contributed by atoms with E-state index < -0.39 is 29.4 Å². The summed E-state index contributed by atoms with van der Waals surface area (Å²) >= 11 is 6.84. The number of halogens is 1. The fraction of sp³-hybridized carbons (Fsp3) is 0.231. The van der Waals surface area contributed by atoms with Crippen LogP contribution in [0.5, 0.6) is 0 Å². The van der Waals surface area contributed by atoms with E-state index >= 15 is 0 Å².